The van der Waals surface area contributed by atoms with Crippen LogP contribution in [0.2, 0.25) is 0 Å². The number of aromatic hydroxyl groups is 1. The summed E-state index contributed by atoms with van der Waals surface area (Å²) in [6.45, 7) is 0. The quantitative estimate of drug-likeness (QED) is 0.851. The highest BCUT2D eigenvalue weighted by Gasteiger charge is 2.36. The van der Waals surface area contributed by atoms with E-state index < -0.39 is 0 Å². The molecule has 3 rings (SSSR count). The van der Waals surface area contributed by atoms with E-state index in [0.717, 1.165) is 12.8 Å². The van der Waals surface area contributed by atoms with E-state index >= 15 is 0 Å². The Bertz CT molecular complexity index is 460. The first-order valence-electron chi connectivity index (χ1n) is 6.95. The Morgan fingerprint density at radius 1 is 1.21 bits per heavy atom. The number of hydrogen-bond donors (Lipinski definition) is 2. The van der Waals surface area contributed by atoms with Crippen molar-refractivity contribution in [2.75, 3.05) is 7.05 Å². The van der Waals surface area contributed by atoms with Crippen molar-refractivity contribution in [1.82, 2.24) is 10.2 Å². The third-order valence-electron chi connectivity index (χ3n) is 4.43. The Morgan fingerprint density at radius 3 is 2.37 bits per heavy atom. The summed E-state index contributed by atoms with van der Waals surface area (Å²) in [6.07, 6.45) is 4.58. The molecule has 0 aromatic heterocycles. The second-order valence-electron chi connectivity index (χ2n) is 5.73. The lowest BCUT2D eigenvalue weighted by atomic mass is 9.98. The molecule has 2 heterocycles. The van der Waals surface area contributed by atoms with E-state index in [1.54, 1.807) is 24.3 Å². The number of rotatable bonds is 2. The smallest absolute Gasteiger partial charge is 0.253 e. The second kappa shape index (κ2) is 4.85. The molecule has 0 spiro atoms. The maximum absolute atomic E-state index is 12.4. The van der Waals surface area contributed by atoms with Crippen LogP contribution in [0.5, 0.6) is 5.75 Å². The van der Waals surface area contributed by atoms with Crippen LogP contribution >= 0.6 is 0 Å². The second-order valence-corrected chi connectivity index (χ2v) is 5.73. The van der Waals surface area contributed by atoms with E-state index in [-0.39, 0.29) is 11.7 Å². The minimum Gasteiger partial charge on any atom is -0.508 e. The van der Waals surface area contributed by atoms with Crippen LogP contribution in [-0.2, 0) is 0 Å². The average Bonchev–Trinajstić information content (AvgIpc) is 2.76. The number of carbonyl (C=O) groups excluding carboxylic acids is 1. The van der Waals surface area contributed by atoms with Crippen LogP contribution in [0, 0.1) is 0 Å². The normalized spacial score (nSPS) is 29.2. The van der Waals surface area contributed by atoms with E-state index in [9.17, 15) is 9.90 Å². The molecule has 1 aromatic rings. The summed E-state index contributed by atoms with van der Waals surface area (Å²) >= 11 is 0. The Hall–Kier alpha value is -1.55. The minimum absolute atomic E-state index is 0.0475. The van der Waals surface area contributed by atoms with Gasteiger partial charge in [-0.25, -0.2) is 0 Å². The van der Waals surface area contributed by atoms with Gasteiger partial charge in [0.1, 0.15) is 5.75 Å². The van der Waals surface area contributed by atoms with Gasteiger partial charge in [0.2, 0.25) is 0 Å². The van der Waals surface area contributed by atoms with Gasteiger partial charge in [-0.15, -0.1) is 0 Å². The number of phenols is 1. The molecule has 0 saturated carbocycles. The number of nitrogens with zero attached hydrogens (tertiary/aromatic N) is 1. The highest BCUT2D eigenvalue weighted by Crippen LogP contribution is 2.29. The molecule has 1 aromatic carbocycles. The fourth-order valence-corrected chi connectivity index (χ4v) is 3.32. The number of fused-ring (bicyclic) bond motifs is 2. The van der Waals surface area contributed by atoms with Gasteiger partial charge in [0.15, 0.2) is 0 Å². The number of phenolic OH excluding ortho intramolecular Hbond substituents is 1. The Kier molecular flexibility index (Phi) is 3.19. The average molecular weight is 260 g/mol. The third-order valence-corrected chi connectivity index (χ3v) is 4.43. The standard InChI is InChI=1S/C15H20N2O2/c1-17(13-8-11-4-5-12(9-13)16-11)15(19)10-2-6-14(18)7-3-10/h2-3,6-7,11-13,16,18H,4-5,8-9H2,1H3. The molecule has 2 fully saturated rings. The SMILES string of the molecule is CN(C(=O)c1ccc(O)cc1)C1CC2CCC(C1)N2. The molecule has 4 heteroatoms. The van der Waals surface area contributed by atoms with Crippen molar-refractivity contribution >= 4 is 5.91 Å². The fourth-order valence-electron chi connectivity index (χ4n) is 3.32. The molecule has 2 aliphatic heterocycles. The van der Waals surface area contributed by atoms with Crippen LogP contribution in [0.15, 0.2) is 24.3 Å². The number of carbonyl (C=O) groups is 1. The number of amides is 1. The van der Waals surface area contributed by atoms with E-state index in [4.69, 9.17) is 0 Å². The number of nitrogens with one attached hydrogen (secondary N) is 1. The van der Waals surface area contributed by atoms with Gasteiger partial charge in [-0.05, 0) is 49.9 Å². The third kappa shape index (κ3) is 2.45. The van der Waals surface area contributed by atoms with Crippen molar-refractivity contribution in [2.24, 2.45) is 0 Å². The summed E-state index contributed by atoms with van der Waals surface area (Å²) in [6, 6.07) is 7.99. The molecule has 2 atom stereocenters. The van der Waals surface area contributed by atoms with Gasteiger partial charge in [0.25, 0.3) is 5.91 Å². The van der Waals surface area contributed by atoms with E-state index in [2.05, 4.69) is 5.32 Å². The first-order chi connectivity index (χ1) is 9.13. The molecule has 2 unspecified atom stereocenters. The minimum atomic E-state index is 0.0475. The summed E-state index contributed by atoms with van der Waals surface area (Å²) in [4.78, 5) is 14.3. The summed E-state index contributed by atoms with van der Waals surface area (Å²) in [5.41, 5.74) is 0.645. The first kappa shape index (κ1) is 12.5. The lowest BCUT2D eigenvalue weighted by Crippen LogP contribution is -2.48. The lowest BCUT2D eigenvalue weighted by Gasteiger charge is -2.35. The molecule has 1 amide bonds. The zero-order valence-electron chi connectivity index (χ0n) is 11.2. The molecule has 2 aliphatic rings. The topological polar surface area (TPSA) is 52.6 Å². The highest BCUT2D eigenvalue weighted by atomic mass is 16.3. The van der Waals surface area contributed by atoms with E-state index in [1.165, 1.54) is 12.8 Å². The highest BCUT2D eigenvalue weighted by molar-refractivity contribution is 5.94. The van der Waals surface area contributed by atoms with Crippen LogP contribution in [-0.4, -0.2) is 41.1 Å². The van der Waals surface area contributed by atoms with Crippen molar-refractivity contribution in [3.8, 4) is 5.75 Å². The van der Waals surface area contributed by atoms with Gasteiger partial charge >= 0.3 is 0 Å². The van der Waals surface area contributed by atoms with E-state index in [0.29, 0.717) is 23.7 Å². The molecule has 2 N–H and O–H groups in total. The van der Waals surface area contributed by atoms with Crippen molar-refractivity contribution in [2.45, 2.75) is 43.8 Å². The number of piperidine rings is 1. The monoisotopic (exact) mass is 260 g/mol. The molecular weight excluding hydrogens is 240 g/mol. The van der Waals surface area contributed by atoms with Crippen LogP contribution < -0.4 is 5.32 Å². The summed E-state index contributed by atoms with van der Waals surface area (Å²) in [5.74, 6) is 0.241. The predicted octanol–water partition coefficient (Wildman–Crippen LogP) is 1.75. The predicted molar refractivity (Wildman–Crippen MR) is 73.2 cm³/mol. The Balaban J connectivity index is 1.71. The van der Waals surface area contributed by atoms with Gasteiger partial charge in [-0.2, -0.15) is 0 Å². The van der Waals surface area contributed by atoms with Crippen LogP contribution in [0.4, 0.5) is 0 Å². The lowest BCUT2D eigenvalue weighted by molar-refractivity contribution is 0.0681. The Labute approximate surface area is 113 Å². The maximum atomic E-state index is 12.4. The molecule has 2 bridgehead atoms. The number of benzene rings is 1. The number of hydrogen-bond acceptors (Lipinski definition) is 3. The molecular formula is C15H20N2O2. The molecule has 19 heavy (non-hydrogen) atoms. The van der Waals surface area contributed by atoms with Crippen molar-refractivity contribution in [3.05, 3.63) is 29.8 Å². The van der Waals surface area contributed by atoms with Crippen LogP contribution in [0.25, 0.3) is 0 Å². The van der Waals surface area contributed by atoms with Gasteiger partial charge in [-0.1, -0.05) is 0 Å². The molecule has 4 nitrogen and oxygen atoms in total. The van der Waals surface area contributed by atoms with Crippen LogP contribution in [0.3, 0.4) is 0 Å². The zero-order chi connectivity index (χ0) is 13.4. The van der Waals surface area contributed by atoms with Crippen LogP contribution in [0.1, 0.15) is 36.0 Å². The summed E-state index contributed by atoms with van der Waals surface area (Å²) in [7, 11) is 1.89. The summed E-state index contributed by atoms with van der Waals surface area (Å²) < 4.78 is 0. The molecule has 102 valence electrons. The maximum Gasteiger partial charge on any atom is 0.253 e. The Morgan fingerprint density at radius 2 is 1.79 bits per heavy atom. The largest absolute Gasteiger partial charge is 0.508 e. The van der Waals surface area contributed by atoms with Crippen molar-refractivity contribution in [3.63, 3.8) is 0 Å². The molecule has 0 radical (unpaired) electrons. The van der Waals surface area contributed by atoms with Gasteiger partial charge in [0.05, 0.1) is 0 Å². The van der Waals surface area contributed by atoms with Gasteiger partial charge in [0, 0.05) is 30.7 Å². The fraction of sp³-hybridized carbons (Fsp3) is 0.533. The first-order valence-corrected chi connectivity index (χ1v) is 6.95. The molecule has 2 saturated heterocycles. The van der Waals surface area contributed by atoms with E-state index in [1.807, 2.05) is 11.9 Å². The van der Waals surface area contributed by atoms with Gasteiger partial charge in [-0.3, -0.25) is 4.79 Å². The van der Waals surface area contributed by atoms with Crippen molar-refractivity contribution in [1.29, 1.82) is 0 Å². The zero-order valence-corrected chi connectivity index (χ0v) is 11.2. The van der Waals surface area contributed by atoms with Crippen molar-refractivity contribution < 1.29 is 9.90 Å². The summed E-state index contributed by atoms with van der Waals surface area (Å²) in [5, 5.41) is 12.9. The molecule has 0 aliphatic carbocycles. The van der Waals surface area contributed by atoms with Gasteiger partial charge < -0.3 is 15.3 Å².